The lowest BCUT2D eigenvalue weighted by Crippen LogP contribution is -2.18. The lowest BCUT2D eigenvalue weighted by Gasteiger charge is -2.19. The second kappa shape index (κ2) is 6.02. The van der Waals surface area contributed by atoms with E-state index in [1.807, 2.05) is 38.2 Å². The summed E-state index contributed by atoms with van der Waals surface area (Å²) in [5, 5.41) is 16.6. The van der Waals surface area contributed by atoms with E-state index in [-0.39, 0.29) is 0 Å². The number of benzene rings is 1. The largest absolute Gasteiger partial charge is 0.378 e. The van der Waals surface area contributed by atoms with E-state index in [0.29, 0.717) is 5.69 Å². The highest BCUT2D eigenvalue weighted by atomic mass is 15.2. The number of nitrogens with zero attached hydrogens (tertiary/aromatic N) is 5. The van der Waals surface area contributed by atoms with Gasteiger partial charge in [0.15, 0.2) is 11.5 Å². The van der Waals surface area contributed by atoms with E-state index in [0.717, 1.165) is 12.4 Å². The van der Waals surface area contributed by atoms with Crippen molar-refractivity contribution in [2.24, 2.45) is 0 Å². The normalized spacial score (nSPS) is 9.90. The van der Waals surface area contributed by atoms with E-state index in [4.69, 9.17) is 5.26 Å². The maximum Gasteiger partial charge on any atom is 0.163 e. The minimum absolute atomic E-state index is 0.330. The first kappa shape index (κ1) is 13.8. The molecular weight excluding hydrogens is 250 g/mol. The van der Waals surface area contributed by atoms with Crippen LogP contribution >= 0.6 is 0 Å². The van der Waals surface area contributed by atoms with Crippen molar-refractivity contribution in [1.29, 1.82) is 5.26 Å². The minimum atomic E-state index is 0.330. The fourth-order valence-corrected chi connectivity index (χ4v) is 1.88. The van der Waals surface area contributed by atoms with Gasteiger partial charge in [-0.05, 0) is 29.8 Å². The second-order valence-corrected chi connectivity index (χ2v) is 4.81. The molecule has 0 spiro atoms. The van der Waals surface area contributed by atoms with Crippen molar-refractivity contribution in [2.45, 2.75) is 6.54 Å². The lowest BCUT2D eigenvalue weighted by molar-refractivity contribution is 0.862. The van der Waals surface area contributed by atoms with Crippen molar-refractivity contribution in [3.8, 4) is 6.07 Å². The maximum absolute atomic E-state index is 8.71. The number of hydrogen-bond acceptors (Lipinski definition) is 5. The van der Waals surface area contributed by atoms with Gasteiger partial charge in [-0.3, -0.25) is 0 Å². The zero-order valence-electron chi connectivity index (χ0n) is 11.9. The summed E-state index contributed by atoms with van der Waals surface area (Å²) in [5.74, 6) is 0.749. The van der Waals surface area contributed by atoms with Gasteiger partial charge in [-0.15, -0.1) is 10.2 Å². The number of anilines is 2. The second-order valence-electron chi connectivity index (χ2n) is 4.81. The van der Waals surface area contributed by atoms with Crippen molar-refractivity contribution >= 4 is 11.5 Å². The summed E-state index contributed by atoms with van der Waals surface area (Å²) in [5.41, 5.74) is 2.70. The van der Waals surface area contributed by atoms with Crippen LogP contribution in [0.3, 0.4) is 0 Å². The highest BCUT2D eigenvalue weighted by molar-refractivity contribution is 5.48. The lowest BCUT2D eigenvalue weighted by atomic mass is 10.2. The van der Waals surface area contributed by atoms with E-state index in [1.54, 1.807) is 12.1 Å². The minimum Gasteiger partial charge on any atom is -0.378 e. The quantitative estimate of drug-likeness (QED) is 0.848. The predicted octanol–water partition coefficient (Wildman–Crippen LogP) is 2.05. The Labute approximate surface area is 119 Å². The Morgan fingerprint density at radius 1 is 1.10 bits per heavy atom. The molecule has 0 N–H and O–H groups in total. The topological polar surface area (TPSA) is 56.0 Å². The first-order valence-electron chi connectivity index (χ1n) is 6.31. The monoisotopic (exact) mass is 267 g/mol. The van der Waals surface area contributed by atoms with Crippen molar-refractivity contribution < 1.29 is 0 Å². The molecule has 0 radical (unpaired) electrons. The van der Waals surface area contributed by atoms with Gasteiger partial charge in [0.25, 0.3) is 0 Å². The predicted molar refractivity (Wildman–Crippen MR) is 79.6 cm³/mol. The average molecular weight is 267 g/mol. The van der Waals surface area contributed by atoms with Crippen LogP contribution in [0.25, 0.3) is 0 Å². The number of hydrogen-bond donors (Lipinski definition) is 0. The van der Waals surface area contributed by atoms with Gasteiger partial charge in [0.1, 0.15) is 6.07 Å². The summed E-state index contributed by atoms with van der Waals surface area (Å²) in [6.07, 6.45) is 0. The molecule has 0 atom stereocenters. The van der Waals surface area contributed by atoms with Crippen molar-refractivity contribution in [2.75, 3.05) is 30.9 Å². The van der Waals surface area contributed by atoms with E-state index < -0.39 is 0 Å². The van der Waals surface area contributed by atoms with Crippen LogP contribution in [0.5, 0.6) is 0 Å². The van der Waals surface area contributed by atoms with Crippen LogP contribution in [0.2, 0.25) is 0 Å². The fraction of sp³-hybridized carbons (Fsp3) is 0.267. The Balaban J connectivity index is 2.12. The Bertz CT molecular complexity index is 613. The van der Waals surface area contributed by atoms with Crippen molar-refractivity contribution in [1.82, 2.24) is 10.2 Å². The van der Waals surface area contributed by atoms with Gasteiger partial charge >= 0.3 is 0 Å². The molecule has 102 valence electrons. The van der Waals surface area contributed by atoms with Gasteiger partial charge in [-0.25, -0.2) is 0 Å². The van der Waals surface area contributed by atoms with Gasteiger partial charge < -0.3 is 9.80 Å². The molecule has 1 heterocycles. The molecule has 0 aliphatic rings. The summed E-state index contributed by atoms with van der Waals surface area (Å²) in [6.45, 7) is 0.738. The Morgan fingerprint density at radius 3 is 2.50 bits per heavy atom. The molecule has 5 heteroatoms. The summed E-state index contributed by atoms with van der Waals surface area (Å²) < 4.78 is 0. The number of rotatable bonds is 4. The third-order valence-electron chi connectivity index (χ3n) is 3.00. The molecule has 0 aliphatic carbocycles. The third kappa shape index (κ3) is 3.23. The standard InChI is InChI=1S/C15H17N5/c1-19(2)14-6-4-5-12(9-14)11-20(3)15-8-7-13(10-16)17-18-15/h4-9H,11H2,1-3H3. The van der Waals surface area contributed by atoms with Gasteiger partial charge in [0.2, 0.25) is 0 Å². The molecular formula is C15H17N5. The number of aromatic nitrogens is 2. The summed E-state index contributed by atoms with van der Waals surface area (Å²) in [4.78, 5) is 4.08. The fourth-order valence-electron chi connectivity index (χ4n) is 1.88. The van der Waals surface area contributed by atoms with Crippen LogP contribution in [0.15, 0.2) is 36.4 Å². The number of nitriles is 1. The van der Waals surface area contributed by atoms with E-state index in [9.17, 15) is 0 Å². The van der Waals surface area contributed by atoms with Gasteiger partial charge in [-0.1, -0.05) is 12.1 Å². The molecule has 0 bridgehead atoms. The Kier molecular flexibility index (Phi) is 4.16. The Hall–Kier alpha value is -2.61. The van der Waals surface area contributed by atoms with Crippen LogP contribution in [0.1, 0.15) is 11.3 Å². The third-order valence-corrected chi connectivity index (χ3v) is 3.00. The highest BCUT2D eigenvalue weighted by Gasteiger charge is 2.06. The van der Waals surface area contributed by atoms with Crippen LogP contribution in [0.4, 0.5) is 11.5 Å². The molecule has 0 unspecified atom stereocenters. The maximum atomic E-state index is 8.71. The van der Waals surface area contributed by atoms with Gasteiger partial charge in [0.05, 0.1) is 0 Å². The first-order valence-corrected chi connectivity index (χ1v) is 6.31. The molecule has 2 rings (SSSR count). The smallest absolute Gasteiger partial charge is 0.163 e. The Morgan fingerprint density at radius 2 is 1.90 bits per heavy atom. The zero-order chi connectivity index (χ0) is 14.5. The van der Waals surface area contributed by atoms with E-state index in [2.05, 4.69) is 33.3 Å². The summed E-state index contributed by atoms with van der Waals surface area (Å²) >= 11 is 0. The van der Waals surface area contributed by atoms with E-state index >= 15 is 0 Å². The van der Waals surface area contributed by atoms with Crippen LogP contribution < -0.4 is 9.80 Å². The zero-order valence-corrected chi connectivity index (χ0v) is 11.9. The first-order chi connectivity index (χ1) is 9.60. The molecule has 1 aromatic carbocycles. The van der Waals surface area contributed by atoms with Crippen molar-refractivity contribution in [3.63, 3.8) is 0 Å². The molecule has 2 aromatic rings. The molecule has 0 saturated carbocycles. The molecule has 0 saturated heterocycles. The van der Waals surface area contributed by atoms with Crippen molar-refractivity contribution in [3.05, 3.63) is 47.7 Å². The molecule has 1 aromatic heterocycles. The van der Waals surface area contributed by atoms with Crippen LogP contribution in [0, 0.1) is 11.3 Å². The van der Waals surface area contributed by atoms with Crippen LogP contribution in [-0.2, 0) is 6.54 Å². The summed E-state index contributed by atoms with van der Waals surface area (Å²) in [7, 11) is 6.00. The molecule has 0 aliphatic heterocycles. The van der Waals surface area contributed by atoms with Gasteiger partial charge in [-0.2, -0.15) is 5.26 Å². The molecule has 5 nitrogen and oxygen atoms in total. The molecule has 0 amide bonds. The molecule has 0 fully saturated rings. The van der Waals surface area contributed by atoms with Crippen LogP contribution in [-0.4, -0.2) is 31.3 Å². The SMILES string of the molecule is CN(C)c1cccc(CN(C)c2ccc(C#N)nn2)c1. The van der Waals surface area contributed by atoms with E-state index in [1.165, 1.54) is 11.3 Å². The highest BCUT2D eigenvalue weighted by Crippen LogP contribution is 2.17. The average Bonchev–Trinajstić information content (AvgIpc) is 2.47. The molecule has 20 heavy (non-hydrogen) atoms. The van der Waals surface area contributed by atoms with Gasteiger partial charge in [0, 0.05) is 33.4 Å². The summed E-state index contributed by atoms with van der Waals surface area (Å²) in [6, 6.07) is 13.8.